The molecule has 15 heavy (non-hydrogen) atoms. The van der Waals surface area contributed by atoms with E-state index in [-0.39, 0.29) is 0 Å². The van der Waals surface area contributed by atoms with Gasteiger partial charge in [-0.15, -0.1) is 11.3 Å². The van der Waals surface area contributed by atoms with Crippen molar-refractivity contribution in [3.63, 3.8) is 0 Å². The van der Waals surface area contributed by atoms with Crippen molar-refractivity contribution in [2.75, 3.05) is 6.54 Å². The fourth-order valence-electron chi connectivity index (χ4n) is 1.32. The molecule has 0 aliphatic heterocycles. The summed E-state index contributed by atoms with van der Waals surface area (Å²) in [7, 11) is 0. The summed E-state index contributed by atoms with van der Waals surface area (Å²) in [5.74, 6) is 0.966. The molecule has 1 N–H and O–H groups in total. The number of halogens is 1. The van der Waals surface area contributed by atoms with E-state index in [2.05, 4.69) is 38.8 Å². The van der Waals surface area contributed by atoms with Crippen molar-refractivity contribution in [2.24, 2.45) is 0 Å². The summed E-state index contributed by atoms with van der Waals surface area (Å²) >= 11 is 5.08. The molecule has 0 amide bonds. The van der Waals surface area contributed by atoms with Crippen LogP contribution in [0.1, 0.15) is 10.6 Å². The third-order valence-electron chi connectivity index (χ3n) is 2.06. The molecule has 4 heteroatoms. The van der Waals surface area contributed by atoms with Crippen LogP contribution < -0.4 is 5.32 Å². The topological polar surface area (TPSA) is 25.2 Å². The molecule has 2 heterocycles. The zero-order valence-electron chi connectivity index (χ0n) is 8.20. The molecule has 0 saturated carbocycles. The van der Waals surface area contributed by atoms with Gasteiger partial charge in [-0.3, -0.25) is 0 Å². The quantitative estimate of drug-likeness (QED) is 0.852. The molecule has 0 spiro atoms. The normalized spacial score (nSPS) is 10.7. The van der Waals surface area contributed by atoms with E-state index < -0.39 is 0 Å². The monoisotopic (exact) mass is 285 g/mol. The first-order valence-corrected chi connectivity index (χ1v) is 6.49. The van der Waals surface area contributed by atoms with E-state index in [9.17, 15) is 0 Å². The molecule has 0 unspecified atom stereocenters. The summed E-state index contributed by atoms with van der Waals surface area (Å²) in [5, 5.41) is 5.46. The molecule has 80 valence electrons. The maximum atomic E-state index is 5.38. The highest BCUT2D eigenvalue weighted by Crippen LogP contribution is 2.13. The summed E-state index contributed by atoms with van der Waals surface area (Å²) in [5.41, 5.74) is 0. The Balaban J connectivity index is 1.67. The predicted octanol–water partition coefficient (Wildman–Crippen LogP) is 3.44. The minimum absolute atomic E-state index is 0.789. The van der Waals surface area contributed by atoms with Crippen LogP contribution >= 0.6 is 27.3 Å². The van der Waals surface area contributed by atoms with Gasteiger partial charge >= 0.3 is 0 Å². The molecule has 0 atom stereocenters. The molecule has 0 fully saturated rings. The number of rotatable bonds is 5. The maximum Gasteiger partial charge on any atom is 0.169 e. The van der Waals surface area contributed by atoms with E-state index in [0.717, 1.165) is 29.9 Å². The molecule has 2 aromatic rings. The number of hydrogen-bond donors (Lipinski definition) is 1. The zero-order valence-corrected chi connectivity index (χ0v) is 10.6. The predicted molar refractivity (Wildman–Crippen MR) is 66.1 cm³/mol. The smallest absolute Gasteiger partial charge is 0.169 e. The lowest BCUT2D eigenvalue weighted by Crippen LogP contribution is -2.15. The summed E-state index contributed by atoms with van der Waals surface area (Å²) in [6.07, 6.45) is 1.08. The van der Waals surface area contributed by atoms with Gasteiger partial charge in [0.2, 0.25) is 0 Å². The maximum absolute atomic E-state index is 5.38. The molecule has 0 bridgehead atoms. The summed E-state index contributed by atoms with van der Waals surface area (Å²) in [6.45, 7) is 1.77. The fourth-order valence-corrected chi connectivity index (χ4v) is 2.37. The van der Waals surface area contributed by atoms with E-state index in [1.165, 1.54) is 4.88 Å². The molecular weight excluding hydrogens is 274 g/mol. The molecule has 0 saturated heterocycles. The first-order valence-electron chi connectivity index (χ1n) is 4.82. The standard InChI is InChI=1S/C11H12BrNOS/c12-11-4-3-9(14-11)8-13-6-5-10-2-1-7-15-10/h1-4,7,13H,5-6,8H2. The first-order chi connectivity index (χ1) is 7.34. The van der Waals surface area contributed by atoms with E-state index in [1.807, 2.05) is 12.1 Å². The van der Waals surface area contributed by atoms with Gasteiger partial charge in [-0.05, 0) is 45.9 Å². The number of hydrogen-bond acceptors (Lipinski definition) is 3. The van der Waals surface area contributed by atoms with Crippen molar-refractivity contribution in [1.82, 2.24) is 5.32 Å². The molecule has 0 aliphatic carbocycles. The van der Waals surface area contributed by atoms with Crippen LogP contribution in [0.3, 0.4) is 0 Å². The van der Waals surface area contributed by atoms with Crippen molar-refractivity contribution >= 4 is 27.3 Å². The van der Waals surface area contributed by atoms with Crippen LogP contribution in [-0.4, -0.2) is 6.54 Å². The average Bonchev–Trinajstić information content (AvgIpc) is 2.84. The van der Waals surface area contributed by atoms with Crippen LogP contribution in [0.5, 0.6) is 0 Å². The lowest BCUT2D eigenvalue weighted by molar-refractivity contribution is 0.466. The van der Waals surface area contributed by atoms with Crippen LogP contribution in [0.25, 0.3) is 0 Å². The Kier molecular flexibility index (Phi) is 4.00. The number of nitrogens with one attached hydrogen (secondary N) is 1. The molecule has 2 aromatic heterocycles. The van der Waals surface area contributed by atoms with Gasteiger partial charge in [0.15, 0.2) is 4.67 Å². The van der Waals surface area contributed by atoms with Crippen LogP contribution in [0.4, 0.5) is 0 Å². The molecular formula is C11H12BrNOS. The van der Waals surface area contributed by atoms with Crippen LogP contribution in [-0.2, 0) is 13.0 Å². The van der Waals surface area contributed by atoms with Gasteiger partial charge in [-0.2, -0.15) is 0 Å². The van der Waals surface area contributed by atoms with Gasteiger partial charge in [-0.25, -0.2) is 0 Å². The van der Waals surface area contributed by atoms with E-state index in [1.54, 1.807) is 11.3 Å². The van der Waals surface area contributed by atoms with Gasteiger partial charge in [-0.1, -0.05) is 6.07 Å². The van der Waals surface area contributed by atoms with Gasteiger partial charge in [0, 0.05) is 11.4 Å². The Labute approximate surface area is 101 Å². The van der Waals surface area contributed by atoms with Gasteiger partial charge in [0.1, 0.15) is 5.76 Å². The highest BCUT2D eigenvalue weighted by atomic mass is 79.9. The lowest BCUT2D eigenvalue weighted by Gasteiger charge is -2.00. The van der Waals surface area contributed by atoms with Crippen LogP contribution in [0, 0.1) is 0 Å². The summed E-state index contributed by atoms with van der Waals surface area (Å²) < 4.78 is 6.17. The third-order valence-corrected chi connectivity index (χ3v) is 3.42. The van der Waals surface area contributed by atoms with Crippen LogP contribution in [0.15, 0.2) is 38.7 Å². The largest absolute Gasteiger partial charge is 0.453 e. The Bertz CT molecular complexity index is 396. The average molecular weight is 286 g/mol. The van der Waals surface area contributed by atoms with Crippen molar-refractivity contribution in [3.05, 3.63) is 45.0 Å². The fraction of sp³-hybridized carbons (Fsp3) is 0.273. The second-order valence-corrected chi connectivity index (χ2v) is 5.03. The minimum atomic E-state index is 0.789. The van der Waals surface area contributed by atoms with Crippen molar-refractivity contribution in [1.29, 1.82) is 0 Å². The Hall–Kier alpha value is -0.580. The van der Waals surface area contributed by atoms with Gasteiger partial charge in [0.25, 0.3) is 0 Å². The highest BCUT2D eigenvalue weighted by Gasteiger charge is 1.98. The SMILES string of the molecule is Brc1ccc(CNCCc2cccs2)o1. The van der Waals surface area contributed by atoms with Crippen molar-refractivity contribution in [2.45, 2.75) is 13.0 Å². The minimum Gasteiger partial charge on any atom is -0.453 e. The molecule has 0 radical (unpaired) electrons. The van der Waals surface area contributed by atoms with Crippen LogP contribution in [0.2, 0.25) is 0 Å². The Morgan fingerprint density at radius 1 is 1.33 bits per heavy atom. The van der Waals surface area contributed by atoms with E-state index in [4.69, 9.17) is 4.42 Å². The molecule has 2 rings (SSSR count). The van der Waals surface area contributed by atoms with Crippen molar-refractivity contribution < 1.29 is 4.42 Å². The molecule has 2 nitrogen and oxygen atoms in total. The molecule has 0 aromatic carbocycles. The van der Waals surface area contributed by atoms with E-state index >= 15 is 0 Å². The lowest BCUT2D eigenvalue weighted by atomic mass is 10.3. The number of furan rings is 1. The van der Waals surface area contributed by atoms with Gasteiger partial charge < -0.3 is 9.73 Å². The van der Waals surface area contributed by atoms with Gasteiger partial charge in [0.05, 0.1) is 6.54 Å². The highest BCUT2D eigenvalue weighted by molar-refractivity contribution is 9.10. The Morgan fingerprint density at radius 2 is 2.27 bits per heavy atom. The van der Waals surface area contributed by atoms with Crippen molar-refractivity contribution in [3.8, 4) is 0 Å². The first kappa shape index (κ1) is 10.9. The van der Waals surface area contributed by atoms with E-state index in [0.29, 0.717) is 0 Å². The third kappa shape index (κ3) is 3.48. The zero-order chi connectivity index (χ0) is 10.5. The second kappa shape index (κ2) is 5.49. The summed E-state index contributed by atoms with van der Waals surface area (Å²) in [6, 6.07) is 8.14. The summed E-state index contributed by atoms with van der Waals surface area (Å²) in [4.78, 5) is 1.42. The second-order valence-electron chi connectivity index (χ2n) is 3.21. The number of thiophene rings is 1. The molecule has 0 aliphatic rings. The Morgan fingerprint density at radius 3 is 2.93 bits per heavy atom.